The standard InChI is InChI=1S/C24H27BrClN3O4S/c1-3-23(30)29-10-8-16-11-19(25)22(13-21(16)29)34(32,33)28-9-4-5-17(14-28)24(31)27-18-7-6-15(2)20(26)12-18/h6-7,11-13,17H,3-5,8-10,14H2,1-2H3,(H,27,31)/t17-/m0/s1. The number of nitrogens with one attached hydrogen (secondary N) is 1. The Hall–Kier alpha value is -1.94. The summed E-state index contributed by atoms with van der Waals surface area (Å²) in [4.78, 5) is 27.0. The van der Waals surface area contributed by atoms with Gasteiger partial charge in [-0.2, -0.15) is 4.31 Å². The smallest absolute Gasteiger partial charge is 0.244 e. The molecule has 0 saturated carbocycles. The summed E-state index contributed by atoms with van der Waals surface area (Å²) in [7, 11) is -3.87. The minimum absolute atomic E-state index is 0.0321. The maximum absolute atomic E-state index is 13.6. The van der Waals surface area contributed by atoms with Gasteiger partial charge in [-0.1, -0.05) is 24.6 Å². The van der Waals surface area contributed by atoms with E-state index in [2.05, 4.69) is 21.2 Å². The summed E-state index contributed by atoms with van der Waals surface area (Å²) in [5.74, 6) is -0.738. The molecule has 2 aliphatic heterocycles. The van der Waals surface area contributed by atoms with Crippen molar-refractivity contribution in [2.24, 2.45) is 5.92 Å². The van der Waals surface area contributed by atoms with Crippen LogP contribution < -0.4 is 10.2 Å². The SMILES string of the molecule is CCC(=O)N1CCc2cc(Br)c(S(=O)(=O)N3CCC[C@H](C(=O)Nc4ccc(C)c(Cl)c4)C3)cc21. The molecule has 0 bridgehead atoms. The van der Waals surface area contributed by atoms with Crippen LogP contribution in [0.15, 0.2) is 39.7 Å². The molecule has 1 N–H and O–H groups in total. The molecule has 2 heterocycles. The van der Waals surface area contributed by atoms with Crippen LogP contribution in [0.5, 0.6) is 0 Å². The first-order valence-electron chi connectivity index (χ1n) is 11.3. The Morgan fingerprint density at radius 1 is 1.21 bits per heavy atom. The molecule has 34 heavy (non-hydrogen) atoms. The molecule has 0 radical (unpaired) electrons. The summed E-state index contributed by atoms with van der Waals surface area (Å²) in [6.07, 6.45) is 2.22. The number of carbonyl (C=O) groups excluding carboxylic acids is 2. The van der Waals surface area contributed by atoms with Gasteiger partial charge in [-0.15, -0.1) is 0 Å². The molecule has 0 aromatic heterocycles. The quantitative estimate of drug-likeness (QED) is 0.564. The number of benzene rings is 2. The first-order valence-corrected chi connectivity index (χ1v) is 13.9. The number of rotatable bonds is 5. The molecule has 0 unspecified atom stereocenters. The summed E-state index contributed by atoms with van der Waals surface area (Å²) in [5, 5.41) is 3.42. The molecule has 2 aliphatic rings. The van der Waals surface area contributed by atoms with E-state index in [1.807, 2.05) is 13.0 Å². The number of halogens is 2. The van der Waals surface area contributed by atoms with Crippen molar-refractivity contribution in [2.75, 3.05) is 29.9 Å². The molecule has 182 valence electrons. The third-order valence-corrected chi connectivity index (χ3v) is 9.68. The summed E-state index contributed by atoms with van der Waals surface area (Å²) in [6, 6.07) is 8.68. The molecular formula is C24H27BrClN3O4S. The van der Waals surface area contributed by atoms with Crippen LogP contribution in [-0.4, -0.2) is 44.2 Å². The summed E-state index contributed by atoms with van der Waals surface area (Å²) in [5.41, 5.74) is 3.09. The van der Waals surface area contributed by atoms with Crippen molar-refractivity contribution in [1.29, 1.82) is 0 Å². The van der Waals surface area contributed by atoms with Crippen LogP contribution in [0.2, 0.25) is 5.02 Å². The first kappa shape index (κ1) is 25.2. The summed E-state index contributed by atoms with van der Waals surface area (Å²) >= 11 is 9.59. The van der Waals surface area contributed by atoms with E-state index in [1.165, 1.54) is 4.31 Å². The number of hydrogen-bond donors (Lipinski definition) is 1. The number of amides is 2. The number of aryl methyl sites for hydroxylation is 1. The third kappa shape index (κ3) is 4.89. The van der Waals surface area contributed by atoms with Gasteiger partial charge >= 0.3 is 0 Å². The summed E-state index contributed by atoms with van der Waals surface area (Å²) < 4.78 is 29.1. The lowest BCUT2D eigenvalue weighted by Gasteiger charge is -2.31. The van der Waals surface area contributed by atoms with E-state index in [9.17, 15) is 18.0 Å². The number of hydrogen-bond acceptors (Lipinski definition) is 4. The van der Waals surface area contributed by atoms with Crippen molar-refractivity contribution < 1.29 is 18.0 Å². The second kappa shape index (κ2) is 9.97. The van der Waals surface area contributed by atoms with Crippen LogP contribution in [-0.2, 0) is 26.0 Å². The lowest BCUT2D eigenvalue weighted by Crippen LogP contribution is -2.43. The average Bonchev–Trinajstić information content (AvgIpc) is 3.23. The highest BCUT2D eigenvalue weighted by molar-refractivity contribution is 9.10. The largest absolute Gasteiger partial charge is 0.326 e. The monoisotopic (exact) mass is 567 g/mol. The molecule has 0 spiro atoms. The lowest BCUT2D eigenvalue weighted by atomic mass is 9.98. The Morgan fingerprint density at radius 2 is 1.97 bits per heavy atom. The zero-order chi connectivity index (χ0) is 24.6. The predicted octanol–water partition coefficient (Wildman–Crippen LogP) is 4.75. The van der Waals surface area contributed by atoms with E-state index in [0.717, 1.165) is 11.1 Å². The maximum atomic E-state index is 13.6. The van der Waals surface area contributed by atoms with Gasteiger partial charge in [0.1, 0.15) is 0 Å². The third-order valence-electron chi connectivity index (χ3n) is 6.44. The topological polar surface area (TPSA) is 86.8 Å². The highest BCUT2D eigenvalue weighted by atomic mass is 79.9. The van der Waals surface area contributed by atoms with Gasteiger partial charge in [0.2, 0.25) is 21.8 Å². The number of anilines is 2. The fraction of sp³-hybridized carbons (Fsp3) is 0.417. The molecule has 4 rings (SSSR count). The minimum atomic E-state index is -3.87. The molecular weight excluding hydrogens is 542 g/mol. The molecule has 1 atom stereocenters. The van der Waals surface area contributed by atoms with Crippen LogP contribution in [0.3, 0.4) is 0 Å². The van der Waals surface area contributed by atoms with Crippen molar-refractivity contribution in [1.82, 2.24) is 4.31 Å². The average molecular weight is 569 g/mol. The minimum Gasteiger partial charge on any atom is -0.326 e. The number of fused-ring (bicyclic) bond motifs is 1. The Bertz CT molecular complexity index is 1250. The highest BCUT2D eigenvalue weighted by Crippen LogP contribution is 2.37. The molecule has 0 aliphatic carbocycles. The van der Waals surface area contributed by atoms with Crippen LogP contribution >= 0.6 is 27.5 Å². The number of carbonyl (C=O) groups is 2. The van der Waals surface area contributed by atoms with Crippen molar-refractivity contribution in [2.45, 2.75) is 44.4 Å². The van der Waals surface area contributed by atoms with Crippen molar-refractivity contribution in [3.63, 3.8) is 0 Å². The van der Waals surface area contributed by atoms with Gasteiger partial charge in [-0.3, -0.25) is 9.59 Å². The van der Waals surface area contributed by atoms with Crippen molar-refractivity contribution in [3.8, 4) is 0 Å². The molecule has 10 heteroatoms. The van der Waals surface area contributed by atoms with Crippen molar-refractivity contribution >= 4 is 60.7 Å². The molecule has 7 nitrogen and oxygen atoms in total. The van der Waals surface area contributed by atoms with E-state index in [4.69, 9.17) is 11.6 Å². The lowest BCUT2D eigenvalue weighted by molar-refractivity contribution is -0.121. The van der Waals surface area contributed by atoms with Gasteiger partial charge in [-0.25, -0.2) is 8.42 Å². The normalized spacial score (nSPS) is 18.6. The highest BCUT2D eigenvalue weighted by Gasteiger charge is 2.36. The number of nitrogens with zero attached hydrogens (tertiary/aromatic N) is 2. The van der Waals surface area contributed by atoms with Gasteiger partial charge in [0.25, 0.3) is 0 Å². The second-order valence-electron chi connectivity index (χ2n) is 8.72. The van der Waals surface area contributed by atoms with E-state index < -0.39 is 15.9 Å². The zero-order valence-corrected chi connectivity index (χ0v) is 22.3. The second-order valence-corrected chi connectivity index (χ2v) is 11.9. The Morgan fingerprint density at radius 3 is 2.68 bits per heavy atom. The van der Waals surface area contributed by atoms with E-state index in [-0.39, 0.29) is 23.3 Å². The molecule has 2 aromatic rings. The van der Waals surface area contributed by atoms with Crippen LogP contribution in [0.1, 0.15) is 37.3 Å². The predicted molar refractivity (Wildman–Crippen MR) is 137 cm³/mol. The Labute approximate surface area is 213 Å². The molecule has 1 fully saturated rings. The molecule has 2 amide bonds. The van der Waals surface area contributed by atoms with E-state index >= 15 is 0 Å². The fourth-order valence-corrected chi connectivity index (χ4v) is 7.24. The zero-order valence-electron chi connectivity index (χ0n) is 19.1. The van der Waals surface area contributed by atoms with Crippen LogP contribution in [0.25, 0.3) is 0 Å². The van der Waals surface area contributed by atoms with Gasteiger partial charge < -0.3 is 10.2 Å². The van der Waals surface area contributed by atoms with Crippen molar-refractivity contribution in [3.05, 3.63) is 51.0 Å². The van der Waals surface area contributed by atoms with E-state index in [1.54, 1.807) is 36.1 Å². The van der Waals surface area contributed by atoms with Crippen LogP contribution in [0.4, 0.5) is 11.4 Å². The van der Waals surface area contributed by atoms with Gasteiger partial charge in [0.05, 0.1) is 10.8 Å². The first-order chi connectivity index (χ1) is 16.1. The van der Waals surface area contributed by atoms with Gasteiger partial charge in [0.15, 0.2) is 0 Å². The van der Waals surface area contributed by atoms with Crippen LogP contribution in [0, 0.1) is 12.8 Å². The summed E-state index contributed by atoms with van der Waals surface area (Å²) in [6.45, 7) is 4.65. The maximum Gasteiger partial charge on any atom is 0.244 e. The molecule has 2 aromatic carbocycles. The molecule has 1 saturated heterocycles. The number of sulfonamides is 1. The van der Waals surface area contributed by atoms with Gasteiger partial charge in [-0.05, 0) is 77.5 Å². The Balaban J connectivity index is 1.55. The fourth-order valence-electron chi connectivity index (χ4n) is 4.46. The Kier molecular flexibility index (Phi) is 7.38. The van der Waals surface area contributed by atoms with Gasteiger partial charge in [0, 0.05) is 46.9 Å². The number of piperidine rings is 1. The van der Waals surface area contributed by atoms with E-state index in [0.29, 0.717) is 59.6 Å².